The quantitative estimate of drug-likeness (QED) is 0.780. The lowest BCUT2D eigenvalue weighted by atomic mass is 10.0. The van der Waals surface area contributed by atoms with Crippen molar-refractivity contribution in [2.24, 2.45) is 11.8 Å². The third kappa shape index (κ3) is 4.55. The molecule has 2 rings (SSSR count). The van der Waals surface area contributed by atoms with E-state index in [2.05, 4.69) is 24.1 Å². The number of rotatable bonds is 6. The third-order valence-corrected chi connectivity index (χ3v) is 4.89. The van der Waals surface area contributed by atoms with Gasteiger partial charge in [0, 0.05) is 12.6 Å². The van der Waals surface area contributed by atoms with Crippen molar-refractivity contribution in [2.45, 2.75) is 64.8 Å². The van der Waals surface area contributed by atoms with E-state index in [-0.39, 0.29) is 0 Å². The standard InChI is InChI=1S/C16H32N2/c1-3-15-7-8-16(11-15)17-12-14(2)13-18-9-5-4-6-10-18/h14-17H,3-13H2,1-2H3. The number of piperidine rings is 1. The summed E-state index contributed by atoms with van der Waals surface area (Å²) in [6.45, 7) is 9.95. The summed E-state index contributed by atoms with van der Waals surface area (Å²) in [6, 6.07) is 0.818. The van der Waals surface area contributed by atoms with Crippen LogP contribution in [0.3, 0.4) is 0 Å². The predicted octanol–water partition coefficient (Wildman–Crippen LogP) is 3.28. The molecule has 0 amide bonds. The summed E-state index contributed by atoms with van der Waals surface area (Å²) < 4.78 is 0. The van der Waals surface area contributed by atoms with Gasteiger partial charge in [0.15, 0.2) is 0 Å². The summed E-state index contributed by atoms with van der Waals surface area (Å²) in [5.41, 5.74) is 0. The van der Waals surface area contributed by atoms with Gasteiger partial charge >= 0.3 is 0 Å². The molecule has 0 aromatic rings. The second-order valence-electron chi connectivity index (χ2n) is 6.66. The number of hydrogen-bond acceptors (Lipinski definition) is 2. The average Bonchev–Trinajstić information content (AvgIpc) is 2.85. The lowest BCUT2D eigenvalue weighted by Crippen LogP contribution is -2.38. The maximum absolute atomic E-state index is 3.81. The Morgan fingerprint density at radius 2 is 1.94 bits per heavy atom. The molecule has 18 heavy (non-hydrogen) atoms. The molecule has 106 valence electrons. The highest BCUT2D eigenvalue weighted by Crippen LogP contribution is 2.27. The van der Waals surface area contributed by atoms with Crippen molar-refractivity contribution in [3.8, 4) is 0 Å². The van der Waals surface area contributed by atoms with Crippen LogP contribution in [0.25, 0.3) is 0 Å². The zero-order valence-electron chi connectivity index (χ0n) is 12.5. The van der Waals surface area contributed by atoms with Gasteiger partial charge in [-0.1, -0.05) is 26.7 Å². The molecule has 0 aromatic carbocycles. The second-order valence-corrected chi connectivity index (χ2v) is 6.66. The molecule has 2 fully saturated rings. The van der Waals surface area contributed by atoms with Gasteiger partial charge in [-0.05, 0) is 63.6 Å². The zero-order chi connectivity index (χ0) is 12.8. The first-order chi connectivity index (χ1) is 8.78. The van der Waals surface area contributed by atoms with Crippen LogP contribution in [0.2, 0.25) is 0 Å². The van der Waals surface area contributed by atoms with Crippen molar-refractivity contribution in [2.75, 3.05) is 26.2 Å². The van der Waals surface area contributed by atoms with E-state index in [4.69, 9.17) is 0 Å². The minimum atomic E-state index is 0.809. The molecule has 2 aliphatic rings. The molecule has 1 aliphatic heterocycles. The van der Waals surface area contributed by atoms with Gasteiger partial charge in [-0.3, -0.25) is 0 Å². The molecule has 1 aliphatic carbocycles. The van der Waals surface area contributed by atoms with Crippen molar-refractivity contribution < 1.29 is 0 Å². The monoisotopic (exact) mass is 252 g/mol. The number of hydrogen-bond donors (Lipinski definition) is 1. The van der Waals surface area contributed by atoms with Crippen molar-refractivity contribution in [3.05, 3.63) is 0 Å². The Morgan fingerprint density at radius 1 is 1.17 bits per heavy atom. The fourth-order valence-corrected chi connectivity index (χ4v) is 3.65. The molecule has 1 saturated carbocycles. The predicted molar refractivity (Wildman–Crippen MR) is 78.9 cm³/mol. The summed E-state index contributed by atoms with van der Waals surface area (Å²) in [5, 5.41) is 3.81. The molecule has 1 heterocycles. The van der Waals surface area contributed by atoms with E-state index in [1.165, 1.54) is 71.1 Å². The minimum absolute atomic E-state index is 0.809. The van der Waals surface area contributed by atoms with Crippen LogP contribution in [0.5, 0.6) is 0 Å². The molecule has 1 N–H and O–H groups in total. The number of likely N-dealkylation sites (tertiary alicyclic amines) is 1. The zero-order valence-corrected chi connectivity index (χ0v) is 12.5. The number of nitrogens with zero attached hydrogens (tertiary/aromatic N) is 1. The van der Waals surface area contributed by atoms with Crippen LogP contribution < -0.4 is 5.32 Å². The Bertz CT molecular complexity index is 223. The van der Waals surface area contributed by atoms with Gasteiger partial charge in [-0.2, -0.15) is 0 Å². The van der Waals surface area contributed by atoms with E-state index in [1.807, 2.05) is 0 Å². The van der Waals surface area contributed by atoms with Crippen molar-refractivity contribution in [1.29, 1.82) is 0 Å². The van der Waals surface area contributed by atoms with Crippen LogP contribution >= 0.6 is 0 Å². The van der Waals surface area contributed by atoms with E-state index < -0.39 is 0 Å². The fraction of sp³-hybridized carbons (Fsp3) is 1.00. The van der Waals surface area contributed by atoms with Gasteiger partial charge in [-0.15, -0.1) is 0 Å². The van der Waals surface area contributed by atoms with Gasteiger partial charge in [0.2, 0.25) is 0 Å². The molecule has 0 radical (unpaired) electrons. The van der Waals surface area contributed by atoms with Crippen LogP contribution in [0, 0.1) is 11.8 Å². The molecule has 3 unspecified atom stereocenters. The summed E-state index contributed by atoms with van der Waals surface area (Å²) in [5.74, 6) is 1.81. The normalized spacial score (nSPS) is 31.7. The van der Waals surface area contributed by atoms with E-state index in [0.29, 0.717) is 0 Å². The smallest absolute Gasteiger partial charge is 0.00699 e. The Balaban J connectivity index is 1.58. The highest BCUT2D eigenvalue weighted by Gasteiger charge is 2.23. The van der Waals surface area contributed by atoms with Crippen LogP contribution in [-0.2, 0) is 0 Å². The van der Waals surface area contributed by atoms with Gasteiger partial charge in [-0.25, -0.2) is 0 Å². The van der Waals surface area contributed by atoms with E-state index in [9.17, 15) is 0 Å². The lowest BCUT2D eigenvalue weighted by molar-refractivity contribution is 0.197. The van der Waals surface area contributed by atoms with Gasteiger partial charge < -0.3 is 10.2 Å². The van der Waals surface area contributed by atoms with Crippen LogP contribution in [0.1, 0.15) is 58.8 Å². The summed E-state index contributed by atoms with van der Waals surface area (Å²) in [7, 11) is 0. The maximum Gasteiger partial charge on any atom is 0.00699 e. The fourth-order valence-electron chi connectivity index (χ4n) is 3.65. The summed E-state index contributed by atoms with van der Waals surface area (Å²) in [4.78, 5) is 2.67. The van der Waals surface area contributed by atoms with E-state index >= 15 is 0 Å². The van der Waals surface area contributed by atoms with E-state index in [0.717, 1.165) is 17.9 Å². The van der Waals surface area contributed by atoms with Gasteiger partial charge in [0.25, 0.3) is 0 Å². The van der Waals surface area contributed by atoms with Gasteiger partial charge in [0.1, 0.15) is 0 Å². The molecule has 3 atom stereocenters. The summed E-state index contributed by atoms with van der Waals surface area (Å²) in [6.07, 6.45) is 9.95. The van der Waals surface area contributed by atoms with Gasteiger partial charge in [0.05, 0.1) is 0 Å². The highest BCUT2D eigenvalue weighted by molar-refractivity contribution is 4.80. The largest absolute Gasteiger partial charge is 0.314 e. The second kappa shape index (κ2) is 7.49. The van der Waals surface area contributed by atoms with Crippen LogP contribution in [0.15, 0.2) is 0 Å². The SMILES string of the molecule is CCC1CCC(NCC(C)CN2CCCCC2)C1. The summed E-state index contributed by atoms with van der Waals surface area (Å²) >= 11 is 0. The van der Waals surface area contributed by atoms with Crippen molar-refractivity contribution in [1.82, 2.24) is 10.2 Å². The number of nitrogens with one attached hydrogen (secondary N) is 1. The van der Waals surface area contributed by atoms with E-state index in [1.54, 1.807) is 0 Å². The average molecular weight is 252 g/mol. The topological polar surface area (TPSA) is 15.3 Å². The Labute approximate surface area is 114 Å². The van der Waals surface area contributed by atoms with Crippen LogP contribution in [-0.4, -0.2) is 37.1 Å². The Kier molecular flexibility index (Phi) is 5.97. The lowest BCUT2D eigenvalue weighted by Gasteiger charge is -2.29. The first-order valence-corrected chi connectivity index (χ1v) is 8.23. The Hall–Kier alpha value is -0.0800. The highest BCUT2D eigenvalue weighted by atomic mass is 15.1. The Morgan fingerprint density at radius 3 is 2.61 bits per heavy atom. The molecule has 0 spiro atoms. The molecular weight excluding hydrogens is 220 g/mol. The maximum atomic E-state index is 3.81. The van der Waals surface area contributed by atoms with Crippen molar-refractivity contribution in [3.63, 3.8) is 0 Å². The molecule has 2 heteroatoms. The minimum Gasteiger partial charge on any atom is -0.314 e. The third-order valence-electron chi connectivity index (χ3n) is 4.89. The molecular formula is C16H32N2. The van der Waals surface area contributed by atoms with Crippen LogP contribution in [0.4, 0.5) is 0 Å². The van der Waals surface area contributed by atoms with Crippen molar-refractivity contribution >= 4 is 0 Å². The first kappa shape index (κ1) is 14.3. The molecule has 0 bridgehead atoms. The molecule has 1 saturated heterocycles. The first-order valence-electron chi connectivity index (χ1n) is 8.23. The molecule has 0 aromatic heterocycles. The molecule has 2 nitrogen and oxygen atoms in total.